The van der Waals surface area contributed by atoms with Gasteiger partial charge in [0.2, 0.25) is 0 Å². The van der Waals surface area contributed by atoms with Crippen LogP contribution in [0.1, 0.15) is 5.82 Å². The maximum atomic E-state index is 12.8. The smallest absolute Gasteiger partial charge is 0.266 e. The van der Waals surface area contributed by atoms with Gasteiger partial charge in [-0.15, -0.1) is 0 Å². The first kappa shape index (κ1) is 14.8. The van der Waals surface area contributed by atoms with Gasteiger partial charge in [-0.3, -0.25) is 9.36 Å². The van der Waals surface area contributed by atoms with E-state index in [1.807, 2.05) is 24.3 Å². The lowest BCUT2D eigenvalue weighted by Gasteiger charge is -2.12. The van der Waals surface area contributed by atoms with Gasteiger partial charge < -0.3 is 0 Å². The topological polar surface area (TPSA) is 34.9 Å². The Morgan fingerprint density at radius 1 is 1.19 bits per heavy atom. The Bertz CT molecular complexity index is 892. The van der Waals surface area contributed by atoms with Gasteiger partial charge >= 0.3 is 0 Å². The minimum Gasteiger partial charge on any atom is -0.268 e. The zero-order chi connectivity index (χ0) is 15.0. The Hall–Kier alpha value is -1.17. The third-order valence-corrected chi connectivity index (χ3v) is 4.32. The normalized spacial score (nSPS) is 11.0. The monoisotopic (exact) mass is 426 g/mol. The first-order valence-corrected chi connectivity index (χ1v) is 8.42. The highest BCUT2D eigenvalue weighted by molar-refractivity contribution is 9.10. The summed E-state index contributed by atoms with van der Waals surface area (Å²) in [5.74, 6) is 0.636. The Labute approximate surface area is 142 Å². The van der Waals surface area contributed by atoms with Crippen molar-refractivity contribution in [1.82, 2.24) is 9.55 Å². The average molecular weight is 429 g/mol. The summed E-state index contributed by atoms with van der Waals surface area (Å²) in [6.07, 6.45) is 0. The van der Waals surface area contributed by atoms with Gasteiger partial charge in [-0.05, 0) is 36.4 Å². The minimum absolute atomic E-state index is 0.113. The van der Waals surface area contributed by atoms with Crippen molar-refractivity contribution >= 4 is 54.4 Å². The molecule has 0 aliphatic heterocycles. The Balaban J connectivity index is 2.40. The number of benzene rings is 2. The molecule has 106 valence electrons. The van der Waals surface area contributed by atoms with Gasteiger partial charge in [-0.25, -0.2) is 4.98 Å². The zero-order valence-electron chi connectivity index (χ0n) is 10.7. The highest BCUT2D eigenvalue weighted by Gasteiger charge is 2.12. The standard InChI is InChI=1S/C15H9Br2ClN2O/c16-8-14-19-13-5-4-9(17)6-12(13)15(21)20(14)11-3-1-2-10(18)7-11/h1-7H,8H2. The molecule has 0 radical (unpaired) electrons. The lowest BCUT2D eigenvalue weighted by molar-refractivity contribution is 0.887. The third-order valence-electron chi connectivity index (χ3n) is 3.09. The SMILES string of the molecule is O=c1c2cc(Br)ccc2nc(CBr)n1-c1cccc(Cl)c1. The molecule has 0 spiro atoms. The molecular weight excluding hydrogens is 419 g/mol. The largest absolute Gasteiger partial charge is 0.268 e. The molecule has 0 amide bonds. The van der Waals surface area contributed by atoms with E-state index in [-0.39, 0.29) is 5.56 Å². The minimum atomic E-state index is -0.113. The molecule has 0 aliphatic carbocycles. The van der Waals surface area contributed by atoms with Crippen molar-refractivity contribution < 1.29 is 0 Å². The third kappa shape index (κ3) is 2.78. The first-order chi connectivity index (χ1) is 10.1. The van der Waals surface area contributed by atoms with E-state index in [4.69, 9.17) is 11.6 Å². The summed E-state index contributed by atoms with van der Waals surface area (Å²) < 4.78 is 2.42. The maximum Gasteiger partial charge on any atom is 0.266 e. The number of halogens is 3. The number of alkyl halides is 1. The van der Waals surface area contributed by atoms with Crippen LogP contribution in [0.2, 0.25) is 5.02 Å². The lowest BCUT2D eigenvalue weighted by atomic mass is 10.2. The molecule has 3 rings (SSSR count). The van der Waals surface area contributed by atoms with Crippen LogP contribution in [0.5, 0.6) is 0 Å². The molecule has 0 fully saturated rings. The Morgan fingerprint density at radius 3 is 2.71 bits per heavy atom. The first-order valence-electron chi connectivity index (χ1n) is 6.13. The summed E-state index contributed by atoms with van der Waals surface area (Å²) in [6.45, 7) is 0. The van der Waals surface area contributed by atoms with Crippen LogP contribution >= 0.6 is 43.5 Å². The molecule has 1 heterocycles. The van der Waals surface area contributed by atoms with E-state index in [9.17, 15) is 4.79 Å². The summed E-state index contributed by atoms with van der Waals surface area (Å²) in [5.41, 5.74) is 1.27. The number of aromatic nitrogens is 2. The van der Waals surface area contributed by atoms with E-state index >= 15 is 0 Å². The Kier molecular flexibility index (Phi) is 4.15. The summed E-state index contributed by atoms with van der Waals surface area (Å²) >= 11 is 12.8. The molecule has 0 aliphatic rings. The van der Waals surface area contributed by atoms with Crippen molar-refractivity contribution in [2.75, 3.05) is 0 Å². The predicted octanol–water partition coefficient (Wildman–Crippen LogP) is 4.70. The lowest BCUT2D eigenvalue weighted by Crippen LogP contribution is -2.23. The van der Waals surface area contributed by atoms with Gasteiger partial charge in [0.05, 0.1) is 21.9 Å². The highest BCUT2D eigenvalue weighted by atomic mass is 79.9. The van der Waals surface area contributed by atoms with E-state index < -0.39 is 0 Å². The van der Waals surface area contributed by atoms with Crippen molar-refractivity contribution in [2.24, 2.45) is 0 Å². The zero-order valence-corrected chi connectivity index (χ0v) is 14.6. The molecule has 0 N–H and O–H groups in total. The molecule has 21 heavy (non-hydrogen) atoms. The van der Waals surface area contributed by atoms with Crippen LogP contribution in [0.15, 0.2) is 51.7 Å². The van der Waals surface area contributed by atoms with Gasteiger partial charge in [-0.2, -0.15) is 0 Å². The summed E-state index contributed by atoms with van der Waals surface area (Å²) in [5, 5.41) is 1.61. The molecule has 2 aromatic carbocycles. The maximum absolute atomic E-state index is 12.8. The number of fused-ring (bicyclic) bond motifs is 1. The van der Waals surface area contributed by atoms with E-state index in [0.717, 1.165) is 4.47 Å². The fourth-order valence-electron chi connectivity index (χ4n) is 2.17. The highest BCUT2D eigenvalue weighted by Crippen LogP contribution is 2.20. The van der Waals surface area contributed by atoms with Crippen LogP contribution in [0.3, 0.4) is 0 Å². The van der Waals surface area contributed by atoms with E-state index in [2.05, 4.69) is 36.8 Å². The van der Waals surface area contributed by atoms with Crippen molar-refractivity contribution in [1.29, 1.82) is 0 Å². The summed E-state index contributed by atoms with van der Waals surface area (Å²) in [4.78, 5) is 17.4. The van der Waals surface area contributed by atoms with Gasteiger partial charge in [0, 0.05) is 9.50 Å². The van der Waals surface area contributed by atoms with Crippen molar-refractivity contribution in [3.8, 4) is 5.69 Å². The molecule has 1 aromatic heterocycles. The number of nitrogens with zero attached hydrogens (tertiary/aromatic N) is 2. The number of hydrogen-bond donors (Lipinski definition) is 0. The molecule has 3 aromatic rings. The predicted molar refractivity (Wildman–Crippen MR) is 92.7 cm³/mol. The molecule has 0 unspecified atom stereocenters. The summed E-state index contributed by atoms with van der Waals surface area (Å²) in [7, 11) is 0. The second kappa shape index (κ2) is 5.91. The molecule has 3 nitrogen and oxygen atoms in total. The second-order valence-electron chi connectivity index (χ2n) is 4.44. The van der Waals surface area contributed by atoms with Gasteiger partial charge in [0.25, 0.3) is 5.56 Å². The van der Waals surface area contributed by atoms with Crippen LogP contribution < -0.4 is 5.56 Å². The molecule has 0 atom stereocenters. The van der Waals surface area contributed by atoms with E-state index in [1.165, 1.54) is 0 Å². The van der Waals surface area contributed by atoms with Crippen LogP contribution in [0, 0.1) is 0 Å². The van der Waals surface area contributed by atoms with Crippen molar-refractivity contribution in [2.45, 2.75) is 5.33 Å². The quantitative estimate of drug-likeness (QED) is 0.555. The fourth-order valence-corrected chi connectivity index (χ4v) is 3.10. The molecular formula is C15H9Br2ClN2O. The number of hydrogen-bond acceptors (Lipinski definition) is 2. The molecule has 0 bridgehead atoms. The second-order valence-corrected chi connectivity index (χ2v) is 6.36. The van der Waals surface area contributed by atoms with E-state index in [1.54, 1.807) is 22.8 Å². The van der Waals surface area contributed by atoms with Crippen LogP contribution in [0.4, 0.5) is 0 Å². The van der Waals surface area contributed by atoms with Gasteiger partial charge in [0.1, 0.15) is 5.82 Å². The number of rotatable bonds is 2. The van der Waals surface area contributed by atoms with E-state index in [0.29, 0.717) is 32.8 Å². The van der Waals surface area contributed by atoms with Crippen molar-refractivity contribution in [3.63, 3.8) is 0 Å². The van der Waals surface area contributed by atoms with Crippen LogP contribution in [0.25, 0.3) is 16.6 Å². The van der Waals surface area contributed by atoms with Gasteiger partial charge in [0.15, 0.2) is 0 Å². The Morgan fingerprint density at radius 2 is 2.00 bits per heavy atom. The van der Waals surface area contributed by atoms with Crippen molar-refractivity contribution in [3.05, 3.63) is 68.1 Å². The fraction of sp³-hybridized carbons (Fsp3) is 0.0667. The molecule has 0 saturated carbocycles. The van der Waals surface area contributed by atoms with Gasteiger partial charge in [-0.1, -0.05) is 49.5 Å². The molecule has 0 saturated heterocycles. The van der Waals surface area contributed by atoms with Crippen LogP contribution in [-0.4, -0.2) is 9.55 Å². The average Bonchev–Trinajstić information content (AvgIpc) is 2.47. The summed E-state index contributed by atoms with van der Waals surface area (Å²) in [6, 6.07) is 12.7. The molecule has 6 heteroatoms. The van der Waals surface area contributed by atoms with Crippen LogP contribution in [-0.2, 0) is 5.33 Å².